The predicted octanol–water partition coefficient (Wildman–Crippen LogP) is 4.70. The SMILES string of the molecule is C/C(=C\c1cc(C)c(O)c(C)c1)CC[C@H]1OB(O)C[C@H]2C1=C(COc1ccccc1)C[C@H]1C(=O)N(C)C(=O)[C@H]12. The Balaban J connectivity index is 1.43. The molecule has 7 nitrogen and oxygen atoms in total. The van der Waals surface area contributed by atoms with Gasteiger partial charge in [0.25, 0.3) is 0 Å². The third-order valence-corrected chi connectivity index (χ3v) is 8.41. The second kappa shape index (κ2) is 11.0. The van der Waals surface area contributed by atoms with Crippen molar-refractivity contribution >= 4 is 25.0 Å². The second-order valence-corrected chi connectivity index (χ2v) is 11.2. The van der Waals surface area contributed by atoms with E-state index in [1.54, 1.807) is 7.05 Å². The monoisotopic (exact) mass is 529 g/mol. The van der Waals surface area contributed by atoms with Crippen molar-refractivity contribution in [2.75, 3.05) is 13.7 Å². The summed E-state index contributed by atoms with van der Waals surface area (Å²) in [5, 5.41) is 20.8. The topological polar surface area (TPSA) is 96.3 Å². The highest BCUT2D eigenvalue weighted by Gasteiger charge is 2.56. The lowest BCUT2D eigenvalue weighted by atomic mass is 9.58. The molecule has 204 valence electrons. The molecular formula is C31H36BNO6. The van der Waals surface area contributed by atoms with Gasteiger partial charge in [-0.05, 0) is 104 Å². The van der Waals surface area contributed by atoms with Gasteiger partial charge < -0.3 is 19.5 Å². The molecule has 2 aromatic rings. The average Bonchev–Trinajstić information content (AvgIpc) is 3.13. The van der Waals surface area contributed by atoms with E-state index in [1.807, 2.05) is 56.3 Å². The molecule has 5 rings (SSSR count). The maximum atomic E-state index is 13.2. The number of fused-ring (bicyclic) bond motifs is 3. The van der Waals surface area contributed by atoms with Crippen LogP contribution in [-0.4, -0.2) is 53.7 Å². The maximum absolute atomic E-state index is 13.2. The van der Waals surface area contributed by atoms with Crippen LogP contribution in [0.5, 0.6) is 11.5 Å². The Labute approximate surface area is 230 Å². The zero-order valence-electron chi connectivity index (χ0n) is 23.0. The predicted molar refractivity (Wildman–Crippen MR) is 150 cm³/mol. The number of carbonyl (C=O) groups excluding carboxylic acids is 2. The molecule has 2 saturated heterocycles. The number of imide groups is 1. The molecular weight excluding hydrogens is 493 g/mol. The Morgan fingerprint density at radius 3 is 2.51 bits per heavy atom. The fourth-order valence-electron chi connectivity index (χ4n) is 6.53. The molecule has 8 heteroatoms. The number of benzene rings is 2. The van der Waals surface area contributed by atoms with Crippen molar-refractivity contribution in [2.24, 2.45) is 17.8 Å². The first-order valence-corrected chi connectivity index (χ1v) is 13.7. The molecule has 0 radical (unpaired) electrons. The number of para-hydroxylation sites is 1. The van der Waals surface area contributed by atoms with E-state index in [0.717, 1.165) is 45.6 Å². The number of phenols is 1. The van der Waals surface area contributed by atoms with Crippen molar-refractivity contribution in [2.45, 2.75) is 52.5 Å². The van der Waals surface area contributed by atoms with Gasteiger partial charge >= 0.3 is 7.12 Å². The van der Waals surface area contributed by atoms with E-state index < -0.39 is 19.0 Å². The van der Waals surface area contributed by atoms with Crippen molar-refractivity contribution in [3.63, 3.8) is 0 Å². The number of likely N-dealkylation sites (tertiary alicyclic amines) is 1. The Hall–Kier alpha value is -3.36. The minimum absolute atomic E-state index is 0.156. The number of hydrogen-bond donors (Lipinski definition) is 2. The van der Waals surface area contributed by atoms with Crippen LogP contribution >= 0.6 is 0 Å². The summed E-state index contributed by atoms with van der Waals surface area (Å²) in [5.41, 5.74) is 5.84. The maximum Gasteiger partial charge on any atom is 0.455 e. The highest BCUT2D eigenvalue weighted by Crippen LogP contribution is 2.50. The molecule has 4 atom stereocenters. The number of rotatable bonds is 7. The smallest absolute Gasteiger partial charge is 0.455 e. The van der Waals surface area contributed by atoms with Crippen LogP contribution in [0, 0.1) is 31.6 Å². The number of aryl methyl sites for hydroxylation is 2. The van der Waals surface area contributed by atoms with Gasteiger partial charge in [0, 0.05) is 7.05 Å². The lowest BCUT2D eigenvalue weighted by Gasteiger charge is -2.43. The van der Waals surface area contributed by atoms with Crippen molar-refractivity contribution in [1.29, 1.82) is 0 Å². The van der Waals surface area contributed by atoms with E-state index in [2.05, 4.69) is 13.0 Å². The van der Waals surface area contributed by atoms with Crippen LogP contribution in [-0.2, 0) is 14.2 Å². The van der Waals surface area contributed by atoms with E-state index in [1.165, 1.54) is 4.90 Å². The summed E-state index contributed by atoms with van der Waals surface area (Å²) in [6, 6.07) is 13.5. The van der Waals surface area contributed by atoms with Gasteiger partial charge in [-0.25, -0.2) is 0 Å². The van der Waals surface area contributed by atoms with E-state index in [0.29, 0.717) is 25.2 Å². The number of phenolic OH excluding ortho intramolecular Hbond substituents is 1. The summed E-state index contributed by atoms with van der Waals surface area (Å²) >= 11 is 0. The molecule has 1 aliphatic carbocycles. The summed E-state index contributed by atoms with van der Waals surface area (Å²) in [6.45, 7) is 6.15. The summed E-state index contributed by atoms with van der Waals surface area (Å²) in [6.07, 6.45) is 3.82. The summed E-state index contributed by atoms with van der Waals surface area (Å²) in [5.74, 6) is -0.437. The van der Waals surface area contributed by atoms with Crippen LogP contribution in [0.15, 0.2) is 59.2 Å². The zero-order chi connectivity index (χ0) is 27.8. The number of amides is 2. The number of hydrogen-bond acceptors (Lipinski definition) is 6. The number of aromatic hydroxyl groups is 1. The molecule has 2 aromatic carbocycles. The van der Waals surface area contributed by atoms with Gasteiger partial charge in [-0.15, -0.1) is 0 Å². The highest BCUT2D eigenvalue weighted by atomic mass is 16.5. The lowest BCUT2D eigenvalue weighted by molar-refractivity contribution is -0.138. The first-order chi connectivity index (χ1) is 18.6. The highest BCUT2D eigenvalue weighted by molar-refractivity contribution is 6.43. The number of carbonyl (C=O) groups is 2. The molecule has 39 heavy (non-hydrogen) atoms. The summed E-state index contributed by atoms with van der Waals surface area (Å²) in [4.78, 5) is 27.4. The third kappa shape index (κ3) is 5.41. The van der Waals surface area contributed by atoms with Gasteiger partial charge in [0.15, 0.2) is 0 Å². The Morgan fingerprint density at radius 2 is 1.82 bits per heavy atom. The fourth-order valence-corrected chi connectivity index (χ4v) is 6.53. The van der Waals surface area contributed by atoms with Crippen LogP contribution in [0.25, 0.3) is 6.08 Å². The third-order valence-electron chi connectivity index (χ3n) is 8.41. The quantitative estimate of drug-likeness (QED) is 0.307. The van der Waals surface area contributed by atoms with Gasteiger partial charge in [-0.3, -0.25) is 14.5 Å². The van der Waals surface area contributed by atoms with E-state index in [-0.39, 0.29) is 30.2 Å². The van der Waals surface area contributed by atoms with Crippen molar-refractivity contribution in [3.05, 3.63) is 75.9 Å². The first kappa shape index (κ1) is 27.2. The molecule has 2 amide bonds. The lowest BCUT2D eigenvalue weighted by Crippen LogP contribution is -2.46. The first-order valence-electron chi connectivity index (χ1n) is 13.7. The number of allylic oxidation sites excluding steroid dienone is 1. The largest absolute Gasteiger partial charge is 0.507 e. The molecule has 2 heterocycles. The van der Waals surface area contributed by atoms with Gasteiger partial charge in [0.1, 0.15) is 18.1 Å². The Bertz CT molecular complexity index is 1310. The molecule has 2 aliphatic heterocycles. The Morgan fingerprint density at radius 1 is 1.13 bits per heavy atom. The minimum Gasteiger partial charge on any atom is -0.507 e. The molecule has 3 aliphatic rings. The Kier molecular flexibility index (Phi) is 7.69. The van der Waals surface area contributed by atoms with Crippen LogP contribution in [0.2, 0.25) is 6.32 Å². The van der Waals surface area contributed by atoms with Crippen molar-refractivity contribution in [3.8, 4) is 11.5 Å². The fraction of sp³-hybridized carbons (Fsp3) is 0.419. The summed E-state index contributed by atoms with van der Waals surface area (Å²) in [7, 11) is 0.552. The van der Waals surface area contributed by atoms with Crippen LogP contribution < -0.4 is 4.74 Å². The number of nitrogens with zero attached hydrogens (tertiary/aromatic N) is 1. The van der Waals surface area contributed by atoms with Crippen molar-refractivity contribution < 1.29 is 29.1 Å². The molecule has 2 N–H and O–H groups in total. The van der Waals surface area contributed by atoms with Crippen LogP contribution in [0.4, 0.5) is 0 Å². The molecule has 0 aromatic heterocycles. The molecule has 2 fully saturated rings. The van der Waals surface area contributed by atoms with Crippen molar-refractivity contribution in [1.82, 2.24) is 4.90 Å². The molecule has 0 saturated carbocycles. The van der Waals surface area contributed by atoms with E-state index >= 15 is 0 Å². The number of ether oxygens (including phenoxy) is 1. The zero-order valence-corrected chi connectivity index (χ0v) is 23.0. The average molecular weight is 529 g/mol. The van der Waals surface area contributed by atoms with E-state index in [4.69, 9.17) is 9.39 Å². The van der Waals surface area contributed by atoms with Gasteiger partial charge in [-0.1, -0.05) is 29.8 Å². The van der Waals surface area contributed by atoms with E-state index in [9.17, 15) is 19.7 Å². The molecule has 0 spiro atoms. The molecule has 0 bridgehead atoms. The minimum atomic E-state index is -1.00. The van der Waals surface area contributed by atoms with Crippen LogP contribution in [0.3, 0.4) is 0 Å². The van der Waals surface area contributed by atoms with Gasteiger partial charge in [-0.2, -0.15) is 0 Å². The van der Waals surface area contributed by atoms with Gasteiger partial charge in [0.05, 0.1) is 17.9 Å². The standard InChI is InChI=1S/C31H36BNO6/c1-18(12-21-13-19(2)29(34)20(3)14-21)10-11-26-27-22(17-38-23-8-6-5-7-9-23)15-24-28(25(27)16-32(37)39-26)31(36)33(4)30(24)35/h5-9,12-14,24-26,28,34,37H,10-11,15-17H2,1-4H3/b18-12+/t24-,25+,26-,28-/m1/s1. The van der Waals surface area contributed by atoms with Crippen LogP contribution in [0.1, 0.15) is 42.9 Å². The molecule has 0 unspecified atom stereocenters. The normalized spacial score (nSPS) is 25.2. The van der Waals surface area contributed by atoms with Gasteiger partial charge in [0.2, 0.25) is 11.8 Å². The second-order valence-electron chi connectivity index (χ2n) is 11.2. The summed E-state index contributed by atoms with van der Waals surface area (Å²) < 4.78 is 12.2.